The fraction of sp³-hybridized carbons (Fsp3) is 0.0769. The van der Waals surface area contributed by atoms with Gasteiger partial charge in [-0.2, -0.15) is 9.50 Å². The quantitative estimate of drug-likeness (QED) is 0.384. The minimum absolute atomic E-state index is 0.235. The molecule has 0 radical (unpaired) electrons. The topological polar surface area (TPSA) is 67.6 Å². The summed E-state index contributed by atoms with van der Waals surface area (Å²) in [5.74, 6) is 0.253. The zero-order valence-corrected chi connectivity index (χ0v) is 19.6. The smallest absolute Gasteiger partial charge is 0.291 e. The lowest BCUT2D eigenvalue weighted by Gasteiger charge is -2.17. The second-order valence-electron chi connectivity index (χ2n) is 8.11. The van der Waals surface area contributed by atoms with Crippen molar-refractivity contribution in [3.8, 4) is 11.4 Å². The molecule has 1 amide bonds. The van der Waals surface area contributed by atoms with Gasteiger partial charge in [0.25, 0.3) is 11.5 Å². The number of aromatic nitrogens is 3. The van der Waals surface area contributed by atoms with Gasteiger partial charge in [0.2, 0.25) is 4.96 Å². The first kappa shape index (κ1) is 20.8. The molecule has 34 heavy (non-hydrogen) atoms. The molecule has 6 rings (SSSR count). The lowest BCUT2D eigenvalue weighted by molar-refractivity contribution is -0.113. The van der Waals surface area contributed by atoms with Gasteiger partial charge in [-0.05, 0) is 30.7 Å². The average molecular weight is 485 g/mol. The number of benzene rings is 3. The van der Waals surface area contributed by atoms with Gasteiger partial charge in [-0.3, -0.25) is 9.59 Å². The molecule has 0 saturated carbocycles. The number of thiazole rings is 1. The molecule has 0 unspecified atom stereocenters. The minimum Gasteiger partial charge on any atom is -0.303 e. The molecule has 0 atom stereocenters. The lowest BCUT2D eigenvalue weighted by atomic mass is 10.1. The fourth-order valence-electron chi connectivity index (χ4n) is 4.25. The molecule has 0 fully saturated rings. The van der Waals surface area contributed by atoms with Gasteiger partial charge in [0.05, 0.1) is 17.8 Å². The van der Waals surface area contributed by atoms with Crippen LogP contribution in [-0.2, 0) is 11.3 Å². The van der Waals surface area contributed by atoms with Crippen LogP contribution in [0.1, 0.15) is 16.7 Å². The van der Waals surface area contributed by atoms with E-state index in [1.807, 2.05) is 73.7 Å². The van der Waals surface area contributed by atoms with Gasteiger partial charge in [0.15, 0.2) is 5.82 Å². The Bertz CT molecular complexity index is 1720. The molecule has 0 bridgehead atoms. The Morgan fingerprint density at radius 2 is 1.76 bits per heavy atom. The van der Waals surface area contributed by atoms with Gasteiger partial charge >= 0.3 is 0 Å². The number of carbonyl (C=O) groups excluding carboxylic acids is 1. The number of anilines is 1. The SMILES string of the molecule is Cc1cccc(-c2nc3s/c(=C4\C(=O)N(Cc5ccccc5Cl)c5ccccc54)c(=O)n3n2)c1. The third-order valence-corrected chi connectivity index (χ3v) is 7.27. The van der Waals surface area contributed by atoms with Gasteiger partial charge in [-0.1, -0.05) is 83.1 Å². The van der Waals surface area contributed by atoms with Crippen LogP contribution in [0, 0.1) is 6.92 Å². The van der Waals surface area contributed by atoms with Crippen molar-refractivity contribution >= 4 is 45.1 Å². The average Bonchev–Trinajstić information content (AvgIpc) is 3.47. The standard InChI is InChI=1S/C26H17ClN4O2S/c1-15-7-6-9-16(13-15)23-28-26-31(29-23)25(33)22(34-26)21-18-10-3-5-12-20(18)30(24(21)32)14-17-8-2-4-11-19(17)27/h2-13H,14H2,1H3/b22-21-. The number of halogens is 1. The van der Waals surface area contributed by atoms with Crippen molar-refractivity contribution in [1.29, 1.82) is 0 Å². The van der Waals surface area contributed by atoms with E-state index < -0.39 is 0 Å². The summed E-state index contributed by atoms with van der Waals surface area (Å²) in [6, 6.07) is 22.7. The third-order valence-electron chi connectivity index (χ3n) is 5.87. The predicted molar refractivity (Wildman–Crippen MR) is 134 cm³/mol. The van der Waals surface area contributed by atoms with Crippen molar-refractivity contribution in [3.05, 3.63) is 109 Å². The number of fused-ring (bicyclic) bond motifs is 2. The number of aryl methyl sites for hydroxylation is 1. The number of nitrogens with zero attached hydrogens (tertiary/aromatic N) is 4. The molecule has 0 N–H and O–H groups in total. The lowest BCUT2D eigenvalue weighted by Crippen LogP contribution is -2.32. The molecule has 0 spiro atoms. The maximum absolute atomic E-state index is 13.6. The second kappa shape index (κ2) is 7.90. The number of para-hydroxylation sites is 1. The highest BCUT2D eigenvalue weighted by molar-refractivity contribution is 7.15. The van der Waals surface area contributed by atoms with E-state index in [0.717, 1.165) is 27.9 Å². The van der Waals surface area contributed by atoms with E-state index in [2.05, 4.69) is 10.1 Å². The molecule has 3 aromatic carbocycles. The van der Waals surface area contributed by atoms with Gasteiger partial charge in [-0.15, -0.1) is 5.10 Å². The predicted octanol–water partition coefficient (Wildman–Crippen LogP) is 4.24. The summed E-state index contributed by atoms with van der Waals surface area (Å²) in [4.78, 5) is 33.7. The van der Waals surface area contributed by atoms with E-state index in [1.54, 1.807) is 11.0 Å². The number of carbonyl (C=O) groups is 1. The fourth-order valence-corrected chi connectivity index (χ4v) is 5.44. The molecular formula is C26H17ClN4O2S. The Hall–Kier alpha value is -3.81. The normalized spacial score (nSPS) is 14.8. The summed E-state index contributed by atoms with van der Waals surface area (Å²) in [6.45, 7) is 2.30. The van der Waals surface area contributed by atoms with Crippen LogP contribution < -0.4 is 15.0 Å². The van der Waals surface area contributed by atoms with E-state index in [-0.39, 0.29) is 11.5 Å². The Kier molecular flexibility index (Phi) is 4.83. The summed E-state index contributed by atoms with van der Waals surface area (Å²) in [6.07, 6.45) is 0. The molecule has 0 aliphatic carbocycles. The van der Waals surface area contributed by atoms with Crippen LogP contribution >= 0.6 is 22.9 Å². The van der Waals surface area contributed by atoms with Crippen LogP contribution in [0.15, 0.2) is 77.6 Å². The summed E-state index contributed by atoms with van der Waals surface area (Å²) >= 11 is 7.54. The Morgan fingerprint density at radius 1 is 0.971 bits per heavy atom. The number of hydrogen-bond donors (Lipinski definition) is 0. The van der Waals surface area contributed by atoms with Crippen molar-refractivity contribution < 1.29 is 4.79 Å². The minimum atomic E-state index is -0.343. The Labute approximate surface area is 203 Å². The highest BCUT2D eigenvalue weighted by atomic mass is 35.5. The summed E-state index contributed by atoms with van der Waals surface area (Å²) in [5.41, 5.74) is 4.27. The monoisotopic (exact) mass is 484 g/mol. The molecule has 2 aromatic heterocycles. The van der Waals surface area contributed by atoms with Crippen molar-refractivity contribution in [2.75, 3.05) is 4.90 Å². The van der Waals surface area contributed by atoms with Crippen LogP contribution in [0.25, 0.3) is 21.9 Å². The molecular weight excluding hydrogens is 468 g/mol. The van der Waals surface area contributed by atoms with Gasteiger partial charge < -0.3 is 4.90 Å². The van der Waals surface area contributed by atoms with Crippen LogP contribution in [-0.4, -0.2) is 20.5 Å². The molecule has 166 valence electrons. The Balaban J connectivity index is 1.50. The molecule has 0 saturated heterocycles. The highest BCUT2D eigenvalue weighted by Gasteiger charge is 2.34. The van der Waals surface area contributed by atoms with Crippen LogP contribution in [0.3, 0.4) is 0 Å². The first-order valence-electron chi connectivity index (χ1n) is 10.7. The highest BCUT2D eigenvalue weighted by Crippen LogP contribution is 2.37. The van der Waals surface area contributed by atoms with E-state index in [4.69, 9.17) is 11.6 Å². The number of rotatable bonds is 3. The molecule has 3 heterocycles. The van der Waals surface area contributed by atoms with E-state index in [9.17, 15) is 9.59 Å². The first-order valence-corrected chi connectivity index (χ1v) is 11.9. The molecule has 6 nitrogen and oxygen atoms in total. The van der Waals surface area contributed by atoms with E-state index >= 15 is 0 Å². The first-order chi connectivity index (χ1) is 16.5. The van der Waals surface area contributed by atoms with Crippen LogP contribution in [0.4, 0.5) is 5.69 Å². The Morgan fingerprint density at radius 3 is 2.56 bits per heavy atom. The molecule has 1 aliphatic rings. The zero-order valence-electron chi connectivity index (χ0n) is 18.0. The summed E-state index contributed by atoms with van der Waals surface area (Å²) in [7, 11) is 0. The van der Waals surface area contributed by atoms with Crippen molar-refractivity contribution in [2.24, 2.45) is 0 Å². The number of amides is 1. The molecule has 5 aromatic rings. The second-order valence-corrected chi connectivity index (χ2v) is 9.50. The molecule has 1 aliphatic heterocycles. The van der Waals surface area contributed by atoms with Crippen molar-refractivity contribution in [1.82, 2.24) is 14.6 Å². The van der Waals surface area contributed by atoms with Crippen molar-refractivity contribution in [3.63, 3.8) is 0 Å². The maximum atomic E-state index is 13.6. The van der Waals surface area contributed by atoms with Crippen LogP contribution in [0.2, 0.25) is 5.02 Å². The van der Waals surface area contributed by atoms with Gasteiger partial charge in [0, 0.05) is 16.1 Å². The van der Waals surface area contributed by atoms with E-state index in [0.29, 0.717) is 32.5 Å². The summed E-state index contributed by atoms with van der Waals surface area (Å²) in [5, 5.41) is 5.03. The number of hydrogen-bond acceptors (Lipinski definition) is 5. The largest absolute Gasteiger partial charge is 0.303 e. The maximum Gasteiger partial charge on any atom is 0.291 e. The third kappa shape index (κ3) is 3.24. The van der Waals surface area contributed by atoms with Gasteiger partial charge in [0.1, 0.15) is 4.53 Å². The van der Waals surface area contributed by atoms with E-state index in [1.165, 1.54) is 15.9 Å². The molecule has 8 heteroatoms. The van der Waals surface area contributed by atoms with Crippen molar-refractivity contribution in [2.45, 2.75) is 13.5 Å². The summed E-state index contributed by atoms with van der Waals surface area (Å²) < 4.78 is 1.63. The van der Waals surface area contributed by atoms with Gasteiger partial charge in [-0.25, -0.2) is 0 Å². The zero-order chi connectivity index (χ0) is 23.4. The van der Waals surface area contributed by atoms with Crippen LogP contribution in [0.5, 0.6) is 0 Å².